The summed E-state index contributed by atoms with van der Waals surface area (Å²) in [6.07, 6.45) is 3.76. The minimum Gasteiger partial charge on any atom is -0.366 e. The van der Waals surface area contributed by atoms with E-state index in [0.717, 1.165) is 11.4 Å². The Morgan fingerprint density at radius 1 is 1.44 bits per heavy atom. The second-order valence-corrected chi connectivity index (χ2v) is 3.89. The van der Waals surface area contributed by atoms with Gasteiger partial charge in [-0.25, -0.2) is 9.97 Å². The number of anilines is 1. The third-order valence-electron chi connectivity index (χ3n) is 2.04. The van der Waals surface area contributed by atoms with Crippen LogP contribution in [0.1, 0.15) is 11.4 Å². The Hall–Kier alpha value is -1.62. The van der Waals surface area contributed by atoms with Crippen molar-refractivity contribution in [3.05, 3.63) is 35.0 Å². The van der Waals surface area contributed by atoms with Crippen LogP contribution < -0.4 is 5.32 Å². The summed E-state index contributed by atoms with van der Waals surface area (Å²) in [5, 5.41) is 7.69. The predicted molar refractivity (Wildman–Crippen MR) is 62.3 cm³/mol. The van der Waals surface area contributed by atoms with E-state index in [1.807, 2.05) is 19.4 Å². The van der Waals surface area contributed by atoms with Gasteiger partial charge in [-0.1, -0.05) is 11.6 Å². The first kappa shape index (κ1) is 10.9. The van der Waals surface area contributed by atoms with Gasteiger partial charge in [0.25, 0.3) is 0 Å². The molecule has 2 aromatic heterocycles. The molecule has 0 aliphatic heterocycles. The molecule has 0 radical (unpaired) electrons. The van der Waals surface area contributed by atoms with Crippen LogP contribution in [-0.4, -0.2) is 19.7 Å². The topological polar surface area (TPSA) is 55.6 Å². The lowest BCUT2D eigenvalue weighted by atomic mass is 10.3. The molecule has 0 atom stereocenters. The van der Waals surface area contributed by atoms with E-state index in [4.69, 9.17) is 11.6 Å². The molecule has 2 aromatic rings. The summed E-state index contributed by atoms with van der Waals surface area (Å²) in [7, 11) is 1.88. The monoisotopic (exact) mass is 237 g/mol. The third-order valence-corrected chi connectivity index (χ3v) is 2.23. The van der Waals surface area contributed by atoms with Gasteiger partial charge in [-0.3, -0.25) is 4.68 Å². The Kier molecular flexibility index (Phi) is 3.05. The Balaban J connectivity index is 2.04. The summed E-state index contributed by atoms with van der Waals surface area (Å²) < 4.78 is 1.76. The molecule has 2 heterocycles. The number of aromatic nitrogens is 4. The Morgan fingerprint density at radius 2 is 2.25 bits per heavy atom. The fourth-order valence-corrected chi connectivity index (χ4v) is 1.60. The number of hydrogen-bond acceptors (Lipinski definition) is 4. The summed E-state index contributed by atoms with van der Waals surface area (Å²) >= 11 is 5.83. The van der Waals surface area contributed by atoms with E-state index in [2.05, 4.69) is 20.4 Å². The number of rotatable bonds is 3. The van der Waals surface area contributed by atoms with E-state index < -0.39 is 0 Å². The summed E-state index contributed by atoms with van der Waals surface area (Å²) in [6.45, 7) is 2.47. The molecule has 0 fully saturated rings. The number of nitrogens with zero attached hydrogens (tertiary/aromatic N) is 4. The van der Waals surface area contributed by atoms with Crippen LogP contribution in [-0.2, 0) is 13.6 Å². The summed E-state index contributed by atoms with van der Waals surface area (Å²) in [5.74, 6) is 1.38. The predicted octanol–water partition coefficient (Wildman–Crippen LogP) is 1.78. The molecule has 5 nitrogen and oxygen atoms in total. The van der Waals surface area contributed by atoms with Crippen LogP contribution in [0.3, 0.4) is 0 Å². The van der Waals surface area contributed by atoms with Gasteiger partial charge in [0.05, 0.1) is 6.20 Å². The average molecular weight is 238 g/mol. The van der Waals surface area contributed by atoms with Gasteiger partial charge in [0.15, 0.2) is 0 Å². The smallest absolute Gasteiger partial charge is 0.134 e. The molecule has 84 valence electrons. The van der Waals surface area contributed by atoms with E-state index in [0.29, 0.717) is 17.5 Å². The molecule has 16 heavy (non-hydrogen) atoms. The van der Waals surface area contributed by atoms with E-state index in [-0.39, 0.29) is 0 Å². The summed E-state index contributed by atoms with van der Waals surface area (Å²) in [6, 6.07) is 1.70. The van der Waals surface area contributed by atoms with Gasteiger partial charge in [-0.2, -0.15) is 5.10 Å². The molecule has 2 rings (SSSR count). The molecule has 0 aliphatic carbocycles. The third kappa shape index (κ3) is 2.70. The van der Waals surface area contributed by atoms with E-state index in [9.17, 15) is 0 Å². The quantitative estimate of drug-likeness (QED) is 0.827. The van der Waals surface area contributed by atoms with Crippen LogP contribution in [0.2, 0.25) is 5.15 Å². The molecule has 0 aromatic carbocycles. The number of nitrogens with one attached hydrogen (secondary N) is 1. The van der Waals surface area contributed by atoms with Gasteiger partial charge in [-0.05, 0) is 6.92 Å². The SMILES string of the molecule is Cc1nc(Cl)cc(NCc2cnn(C)c2)n1. The molecule has 0 amide bonds. The molecule has 0 saturated heterocycles. The minimum atomic E-state index is 0.446. The van der Waals surface area contributed by atoms with Crippen molar-refractivity contribution < 1.29 is 0 Å². The standard InChI is InChI=1S/C10H12ClN5/c1-7-14-9(11)3-10(15-7)12-4-8-5-13-16(2)6-8/h3,5-6H,4H2,1-2H3,(H,12,14,15). The molecule has 0 spiro atoms. The van der Waals surface area contributed by atoms with Crippen molar-refractivity contribution in [3.63, 3.8) is 0 Å². The summed E-state index contributed by atoms with van der Waals surface area (Å²) in [4.78, 5) is 8.21. The first-order valence-electron chi connectivity index (χ1n) is 4.86. The highest BCUT2D eigenvalue weighted by molar-refractivity contribution is 6.29. The van der Waals surface area contributed by atoms with Crippen LogP contribution in [0.5, 0.6) is 0 Å². The largest absolute Gasteiger partial charge is 0.366 e. The van der Waals surface area contributed by atoms with Crippen LogP contribution in [0.15, 0.2) is 18.5 Å². The Morgan fingerprint density at radius 3 is 2.88 bits per heavy atom. The number of hydrogen-bond donors (Lipinski definition) is 1. The maximum Gasteiger partial charge on any atom is 0.134 e. The fraction of sp³-hybridized carbons (Fsp3) is 0.300. The molecular weight excluding hydrogens is 226 g/mol. The molecule has 0 bridgehead atoms. The highest BCUT2D eigenvalue weighted by atomic mass is 35.5. The minimum absolute atomic E-state index is 0.446. The van der Waals surface area contributed by atoms with E-state index in [1.165, 1.54) is 0 Å². The van der Waals surface area contributed by atoms with Crippen molar-refractivity contribution in [3.8, 4) is 0 Å². The fourth-order valence-electron chi connectivity index (χ4n) is 1.38. The molecule has 0 saturated carbocycles. The van der Waals surface area contributed by atoms with Gasteiger partial charge < -0.3 is 5.32 Å². The zero-order valence-electron chi connectivity index (χ0n) is 9.11. The van der Waals surface area contributed by atoms with E-state index >= 15 is 0 Å². The van der Waals surface area contributed by atoms with Gasteiger partial charge in [0.2, 0.25) is 0 Å². The van der Waals surface area contributed by atoms with Gasteiger partial charge >= 0.3 is 0 Å². The zero-order valence-corrected chi connectivity index (χ0v) is 9.86. The van der Waals surface area contributed by atoms with E-state index in [1.54, 1.807) is 17.7 Å². The van der Waals surface area contributed by atoms with Crippen molar-refractivity contribution in [2.24, 2.45) is 7.05 Å². The van der Waals surface area contributed by atoms with Gasteiger partial charge in [-0.15, -0.1) is 0 Å². The highest BCUT2D eigenvalue weighted by Crippen LogP contribution is 2.12. The van der Waals surface area contributed by atoms with Crippen molar-refractivity contribution in [1.82, 2.24) is 19.7 Å². The molecule has 1 N–H and O–H groups in total. The first-order chi connectivity index (χ1) is 7.63. The second-order valence-electron chi connectivity index (χ2n) is 3.50. The summed E-state index contributed by atoms with van der Waals surface area (Å²) in [5.41, 5.74) is 1.09. The Bertz CT molecular complexity index is 473. The number of halogens is 1. The Labute approximate surface area is 98.5 Å². The maximum atomic E-state index is 5.83. The molecule has 0 unspecified atom stereocenters. The van der Waals surface area contributed by atoms with Crippen molar-refractivity contribution >= 4 is 17.4 Å². The molecular formula is C10H12ClN5. The van der Waals surface area contributed by atoms with Crippen molar-refractivity contribution in [2.75, 3.05) is 5.32 Å². The molecule has 6 heteroatoms. The molecule has 0 aliphatic rings. The van der Waals surface area contributed by atoms with Crippen LogP contribution in [0.25, 0.3) is 0 Å². The van der Waals surface area contributed by atoms with Crippen LogP contribution >= 0.6 is 11.6 Å². The number of aryl methyl sites for hydroxylation is 2. The lowest BCUT2D eigenvalue weighted by Gasteiger charge is -2.04. The van der Waals surface area contributed by atoms with Gasteiger partial charge in [0.1, 0.15) is 16.8 Å². The first-order valence-corrected chi connectivity index (χ1v) is 5.24. The zero-order chi connectivity index (χ0) is 11.5. The van der Waals surface area contributed by atoms with Gasteiger partial charge in [0, 0.05) is 31.4 Å². The van der Waals surface area contributed by atoms with Crippen molar-refractivity contribution in [2.45, 2.75) is 13.5 Å². The van der Waals surface area contributed by atoms with Crippen LogP contribution in [0, 0.1) is 6.92 Å². The lowest BCUT2D eigenvalue weighted by Crippen LogP contribution is -2.02. The maximum absolute atomic E-state index is 5.83. The lowest BCUT2D eigenvalue weighted by molar-refractivity contribution is 0.767. The normalized spacial score (nSPS) is 10.4. The van der Waals surface area contributed by atoms with Crippen LogP contribution in [0.4, 0.5) is 5.82 Å². The average Bonchev–Trinajstić information content (AvgIpc) is 2.60. The highest BCUT2D eigenvalue weighted by Gasteiger charge is 2.00. The second kappa shape index (κ2) is 4.49. The van der Waals surface area contributed by atoms with Crippen molar-refractivity contribution in [1.29, 1.82) is 0 Å².